The largest absolute Gasteiger partial charge is 0.394 e. The Hall–Kier alpha value is -0.120. The van der Waals surface area contributed by atoms with Crippen LogP contribution in [0, 0.1) is 11.8 Å². The van der Waals surface area contributed by atoms with E-state index in [4.69, 9.17) is 5.11 Å². The molecule has 1 fully saturated rings. The lowest BCUT2D eigenvalue weighted by atomic mass is 9.87. The van der Waals surface area contributed by atoms with Crippen molar-refractivity contribution in [3.8, 4) is 0 Å². The molecule has 1 rings (SSSR count). The minimum absolute atomic E-state index is 0.121. The van der Waals surface area contributed by atoms with Crippen LogP contribution in [0.3, 0.4) is 0 Å². The molecule has 1 heterocycles. The number of piperidine rings is 1. The van der Waals surface area contributed by atoms with E-state index in [9.17, 15) is 5.11 Å². The van der Waals surface area contributed by atoms with Gasteiger partial charge >= 0.3 is 0 Å². The summed E-state index contributed by atoms with van der Waals surface area (Å²) >= 11 is 0. The lowest BCUT2D eigenvalue weighted by molar-refractivity contribution is 0.0439. The topological polar surface area (TPSA) is 43.7 Å². The highest BCUT2D eigenvalue weighted by molar-refractivity contribution is 4.75. The van der Waals surface area contributed by atoms with E-state index in [1.807, 2.05) is 0 Å². The smallest absolute Gasteiger partial charge is 0.0897 e. The molecular formula is C11H23NO2. The third-order valence-electron chi connectivity index (χ3n) is 3.25. The molecule has 1 atom stereocenters. The van der Waals surface area contributed by atoms with Crippen molar-refractivity contribution in [3.63, 3.8) is 0 Å². The van der Waals surface area contributed by atoms with Crippen molar-refractivity contribution in [1.29, 1.82) is 0 Å². The molecule has 3 nitrogen and oxygen atoms in total. The Kier molecular flexibility index (Phi) is 4.85. The van der Waals surface area contributed by atoms with Crippen molar-refractivity contribution >= 4 is 0 Å². The van der Waals surface area contributed by atoms with Gasteiger partial charge in [0, 0.05) is 6.54 Å². The summed E-state index contributed by atoms with van der Waals surface area (Å²) in [5, 5.41) is 18.0. The highest BCUT2D eigenvalue weighted by Gasteiger charge is 2.22. The quantitative estimate of drug-likeness (QED) is 0.704. The summed E-state index contributed by atoms with van der Waals surface area (Å²) in [5.74, 6) is 1.62. The Morgan fingerprint density at radius 3 is 2.29 bits per heavy atom. The molecule has 1 saturated heterocycles. The number of aliphatic hydroxyl groups excluding tert-OH is 2. The average molecular weight is 201 g/mol. The lowest BCUT2D eigenvalue weighted by Crippen LogP contribution is -2.40. The van der Waals surface area contributed by atoms with E-state index < -0.39 is 6.10 Å². The zero-order valence-electron chi connectivity index (χ0n) is 9.32. The highest BCUT2D eigenvalue weighted by atomic mass is 16.3. The molecule has 0 amide bonds. The summed E-state index contributed by atoms with van der Waals surface area (Å²) in [5.41, 5.74) is 0. The van der Waals surface area contributed by atoms with Crippen LogP contribution in [-0.2, 0) is 0 Å². The van der Waals surface area contributed by atoms with Gasteiger partial charge in [-0.1, -0.05) is 13.8 Å². The molecule has 14 heavy (non-hydrogen) atoms. The van der Waals surface area contributed by atoms with E-state index in [1.165, 1.54) is 12.8 Å². The molecule has 84 valence electrons. The molecule has 3 heteroatoms. The number of β-amino-alcohol motifs (C(OH)–C–C–N with tert-alkyl or cyclic N) is 1. The van der Waals surface area contributed by atoms with Crippen molar-refractivity contribution in [3.05, 3.63) is 0 Å². The number of aliphatic hydroxyl groups is 2. The highest BCUT2D eigenvalue weighted by Crippen LogP contribution is 2.24. The van der Waals surface area contributed by atoms with Crippen LogP contribution >= 0.6 is 0 Å². The van der Waals surface area contributed by atoms with Crippen molar-refractivity contribution in [1.82, 2.24) is 4.90 Å². The summed E-state index contributed by atoms with van der Waals surface area (Å²) in [4.78, 5) is 2.25. The number of rotatable bonds is 4. The number of hydrogen-bond donors (Lipinski definition) is 2. The van der Waals surface area contributed by atoms with Gasteiger partial charge < -0.3 is 15.1 Å². The molecule has 1 unspecified atom stereocenters. The molecule has 0 bridgehead atoms. The standard InChI is InChI=1S/C11H23NO2/c1-9(2)10-3-5-12(6-4-10)7-11(14)8-13/h9-11,13-14H,3-8H2,1-2H3. The van der Waals surface area contributed by atoms with E-state index >= 15 is 0 Å². The molecule has 0 aromatic heterocycles. The lowest BCUT2D eigenvalue weighted by Gasteiger charge is -2.34. The van der Waals surface area contributed by atoms with Gasteiger partial charge in [-0.15, -0.1) is 0 Å². The molecule has 0 aliphatic carbocycles. The van der Waals surface area contributed by atoms with Gasteiger partial charge in [0.1, 0.15) is 0 Å². The maximum atomic E-state index is 9.29. The summed E-state index contributed by atoms with van der Waals surface area (Å²) in [6.45, 7) is 7.21. The first-order valence-corrected chi connectivity index (χ1v) is 5.64. The monoisotopic (exact) mass is 201 g/mol. The van der Waals surface area contributed by atoms with Gasteiger partial charge in [-0.3, -0.25) is 0 Å². The number of hydrogen-bond acceptors (Lipinski definition) is 3. The first kappa shape index (κ1) is 12.0. The molecule has 0 spiro atoms. The van der Waals surface area contributed by atoms with E-state index in [0.717, 1.165) is 24.9 Å². The molecule has 0 radical (unpaired) electrons. The average Bonchev–Trinajstić information content (AvgIpc) is 2.18. The fourth-order valence-electron chi connectivity index (χ4n) is 2.16. The zero-order valence-corrected chi connectivity index (χ0v) is 9.32. The minimum Gasteiger partial charge on any atom is -0.394 e. The molecule has 1 aliphatic rings. The van der Waals surface area contributed by atoms with Crippen molar-refractivity contribution in [2.24, 2.45) is 11.8 Å². The van der Waals surface area contributed by atoms with Crippen LogP contribution in [0.2, 0.25) is 0 Å². The Bertz CT molecular complexity index is 153. The SMILES string of the molecule is CC(C)C1CCN(CC(O)CO)CC1. The second-order valence-electron chi connectivity index (χ2n) is 4.72. The summed E-state index contributed by atoms with van der Waals surface area (Å²) in [6.07, 6.45) is 1.90. The Balaban J connectivity index is 2.22. The molecule has 0 saturated carbocycles. The fourth-order valence-corrected chi connectivity index (χ4v) is 2.16. The minimum atomic E-state index is -0.564. The Morgan fingerprint density at radius 1 is 1.29 bits per heavy atom. The summed E-state index contributed by atoms with van der Waals surface area (Å²) in [7, 11) is 0. The second-order valence-corrected chi connectivity index (χ2v) is 4.72. The maximum absolute atomic E-state index is 9.29. The number of nitrogens with zero attached hydrogens (tertiary/aromatic N) is 1. The van der Waals surface area contributed by atoms with Gasteiger partial charge in [-0.25, -0.2) is 0 Å². The van der Waals surface area contributed by atoms with Crippen LogP contribution in [-0.4, -0.2) is 47.5 Å². The maximum Gasteiger partial charge on any atom is 0.0897 e. The Morgan fingerprint density at radius 2 is 1.86 bits per heavy atom. The van der Waals surface area contributed by atoms with Crippen molar-refractivity contribution < 1.29 is 10.2 Å². The first-order valence-electron chi connectivity index (χ1n) is 5.64. The van der Waals surface area contributed by atoms with Crippen LogP contribution in [0.5, 0.6) is 0 Å². The van der Waals surface area contributed by atoms with Gasteiger partial charge in [0.2, 0.25) is 0 Å². The van der Waals surface area contributed by atoms with Gasteiger partial charge in [0.05, 0.1) is 12.7 Å². The second kappa shape index (κ2) is 5.69. The summed E-state index contributed by atoms with van der Waals surface area (Å²) < 4.78 is 0. The fraction of sp³-hybridized carbons (Fsp3) is 1.00. The van der Waals surface area contributed by atoms with Gasteiger partial charge in [-0.05, 0) is 37.8 Å². The van der Waals surface area contributed by atoms with Crippen LogP contribution in [0.25, 0.3) is 0 Å². The van der Waals surface area contributed by atoms with Gasteiger partial charge in [0.25, 0.3) is 0 Å². The molecule has 1 aliphatic heterocycles. The Labute approximate surface area is 86.7 Å². The number of likely N-dealkylation sites (tertiary alicyclic amines) is 1. The molecule has 0 aromatic carbocycles. The summed E-state index contributed by atoms with van der Waals surface area (Å²) in [6, 6.07) is 0. The third-order valence-corrected chi connectivity index (χ3v) is 3.25. The van der Waals surface area contributed by atoms with Crippen LogP contribution in [0.4, 0.5) is 0 Å². The van der Waals surface area contributed by atoms with Gasteiger partial charge in [0.15, 0.2) is 0 Å². The van der Waals surface area contributed by atoms with E-state index in [1.54, 1.807) is 0 Å². The molecule has 0 aromatic rings. The normalized spacial score (nSPS) is 22.9. The van der Waals surface area contributed by atoms with Crippen LogP contribution < -0.4 is 0 Å². The predicted molar refractivity (Wildman–Crippen MR) is 57.1 cm³/mol. The first-order chi connectivity index (χ1) is 6.63. The molecular weight excluding hydrogens is 178 g/mol. The third kappa shape index (κ3) is 3.56. The van der Waals surface area contributed by atoms with Crippen molar-refractivity contribution in [2.75, 3.05) is 26.2 Å². The van der Waals surface area contributed by atoms with Crippen LogP contribution in [0.15, 0.2) is 0 Å². The van der Waals surface area contributed by atoms with Crippen LogP contribution in [0.1, 0.15) is 26.7 Å². The van der Waals surface area contributed by atoms with E-state index in [2.05, 4.69) is 18.7 Å². The van der Waals surface area contributed by atoms with E-state index in [0.29, 0.717) is 6.54 Å². The zero-order chi connectivity index (χ0) is 10.6. The van der Waals surface area contributed by atoms with Gasteiger partial charge in [-0.2, -0.15) is 0 Å². The predicted octanol–water partition coefficient (Wildman–Crippen LogP) is 0.708. The molecule has 2 N–H and O–H groups in total. The van der Waals surface area contributed by atoms with E-state index in [-0.39, 0.29) is 6.61 Å². The van der Waals surface area contributed by atoms with Crippen molar-refractivity contribution in [2.45, 2.75) is 32.8 Å².